The number of hydrogen-bond acceptors (Lipinski definition) is 4. The van der Waals surface area contributed by atoms with Crippen molar-refractivity contribution in [2.24, 2.45) is 11.7 Å². The molecule has 2 unspecified atom stereocenters. The number of halogens is 1. The standard InChI is InChI=1S/C14H18FN3O3/c1-9(16)10-3-2-6-17(8-10)14(19)12-7-11(18(20)21)4-5-13(12)15/h4-5,7,9-10H,2-3,6,8,16H2,1H3. The Balaban J connectivity index is 2.23. The highest BCUT2D eigenvalue weighted by atomic mass is 19.1. The van der Waals surface area contributed by atoms with Gasteiger partial charge in [-0.05, 0) is 31.7 Å². The van der Waals surface area contributed by atoms with Crippen LogP contribution in [0.2, 0.25) is 0 Å². The molecule has 0 radical (unpaired) electrons. The van der Waals surface area contributed by atoms with Crippen LogP contribution in [0.25, 0.3) is 0 Å². The van der Waals surface area contributed by atoms with Crippen LogP contribution in [0.1, 0.15) is 30.1 Å². The Morgan fingerprint density at radius 3 is 2.90 bits per heavy atom. The van der Waals surface area contributed by atoms with Crippen molar-refractivity contribution >= 4 is 11.6 Å². The van der Waals surface area contributed by atoms with Gasteiger partial charge in [0.15, 0.2) is 0 Å². The molecule has 0 saturated carbocycles. The number of hydrogen-bond donors (Lipinski definition) is 1. The fraction of sp³-hybridized carbons (Fsp3) is 0.500. The second-order valence-electron chi connectivity index (χ2n) is 5.43. The van der Waals surface area contributed by atoms with Crippen LogP contribution in [-0.4, -0.2) is 34.9 Å². The molecule has 21 heavy (non-hydrogen) atoms. The second-order valence-corrected chi connectivity index (χ2v) is 5.43. The van der Waals surface area contributed by atoms with Gasteiger partial charge in [0.1, 0.15) is 5.82 Å². The summed E-state index contributed by atoms with van der Waals surface area (Å²) in [6.07, 6.45) is 1.73. The average Bonchev–Trinajstić information content (AvgIpc) is 2.47. The van der Waals surface area contributed by atoms with E-state index in [9.17, 15) is 19.3 Å². The van der Waals surface area contributed by atoms with E-state index in [4.69, 9.17) is 5.73 Å². The highest BCUT2D eigenvalue weighted by molar-refractivity contribution is 5.95. The molecule has 0 aromatic heterocycles. The van der Waals surface area contributed by atoms with Gasteiger partial charge in [0.2, 0.25) is 0 Å². The van der Waals surface area contributed by atoms with Crippen LogP contribution in [0.4, 0.5) is 10.1 Å². The van der Waals surface area contributed by atoms with Gasteiger partial charge in [-0.1, -0.05) is 0 Å². The van der Waals surface area contributed by atoms with Crippen LogP contribution < -0.4 is 5.73 Å². The van der Waals surface area contributed by atoms with E-state index in [-0.39, 0.29) is 23.2 Å². The lowest BCUT2D eigenvalue weighted by molar-refractivity contribution is -0.384. The summed E-state index contributed by atoms with van der Waals surface area (Å²) in [6, 6.07) is 2.95. The van der Waals surface area contributed by atoms with E-state index in [1.807, 2.05) is 6.92 Å². The Bertz CT molecular complexity index is 562. The number of rotatable bonds is 3. The SMILES string of the molecule is CC(N)C1CCCN(C(=O)c2cc([N+](=O)[O-])ccc2F)C1. The average molecular weight is 295 g/mol. The molecule has 2 atom stereocenters. The maximum atomic E-state index is 13.8. The van der Waals surface area contributed by atoms with Crippen LogP contribution in [-0.2, 0) is 0 Å². The molecule has 0 spiro atoms. The maximum absolute atomic E-state index is 13.8. The van der Waals surface area contributed by atoms with Crippen molar-refractivity contribution in [2.45, 2.75) is 25.8 Å². The minimum atomic E-state index is -0.742. The van der Waals surface area contributed by atoms with Crippen molar-refractivity contribution in [3.63, 3.8) is 0 Å². The van der Waals surface area contributed by atoms with E-state index in [0.717, 1.165) is 31.0 Å². The zero-order valence-corrected chi connectivity index (χ0v) is 11.8. The van der Waals surface area contributed by atoms with Crippen LogP contribution in [0.5, 0.6) is 0 Å². The van der Waals surface area contributed by atoms with E-state index in [1.165, 1.54) is 4.90 Å². The number of nitrogens with two attached hydrogens (primary N) is 1. The van der Waals surface area contributed by atoms with Crippen molar-refractivity contribution in [3.05, 3.63) is 39.7 Å². The minimum Gasteiger partial charge on any atom is -0.338 e. The number of non-ortho nitro benzene ring substituents is 1. The number of benzene rings is 1. The zero-order valence-electron chi connectivity index (χ0n) is 11.8. The number of carbonyl (C=O) groups is 1. The van der Waals surface area contributed by atoms with Crippen LogP contribution in [0, 0.1) is 21.8 Å². The van der Waals surface area contributed by atoms with Gasteiger partial charge in [0.05, 0.1) is 10.5 Å². The van der Waals surface area contributed by atoms with Gasteiger partial charge in [-0.15, -0.1) is 0 Å². The maximum Gasteiger partial charge on any atom is 0.270 e. The van der Waals surface area contributed by atoms with Gasteiger partial charge in [-0.25, -0.2) is 4.39 Å². The molecule has 114 valence electrons. The number of nitro benzene ring substituents is 1. The molecule has 1 aliphatic heterocycles. The molecule has 2 rings (SSSR count). The summed E-state index contributed by atoms with van der Waals surface area (Å²) in [6.45, 7) is 2.86. The Kier molecular flexibility index (Phi) is 4.52. The lowest BCUT2D eigenvalue weighted by Gasteiger charge is -2.34. The summed E-state index contributed by atoms with van der Waals surface area (Å²) >= 11 is 0. The van der Waals surface area contributed by atoms with Gasteiger partial charge in [0, 0.05) is 31.3 Å². The van der Waals surface area contributed by atoms with Gasteiger partial charge in [-0.2, -0.15) is 0 Å². The van der Waals surface area contributed by atoms with Crippen molar-refractivity contribution in [3.8, 4) is 0 Å². The first kappa shape index (κ1) is 15.4. The summed E-state index contributed by atoms with van der Waals surface area (Å²) in [5, 5.41) is 10.7. The monoisotopic (exact) mass is 295 g/mol. The Morgan fingerprint density at radius 2 is 2.29 bits per heavy atom. The number of carbonyl (C=O) groups excluding carboxylic acids is 1. The summed E-state index contributed by atoms with van der Waals surface area (Å²) in [7, 11) is 0. The number of nitro groups is 1. The summed E-state index contributed by atoms with van der Waals surface area (Å²) in [4.78, 5) is 24.0. The third-order valence-corrected chi connectivity index (χ3v) is 3.88. The molecule has 6 nitrogen and oxygen atoms in total. The summed E-state index contributed by atoms with van der Waals surface area (Å²) < 4.78 is 13.8. The Labute approximate surface area is 121 Å². The third-order valence-electron chi connectivity index (χ3n) is 3.88. The summed E-state index contributed by atoms with van der Waals surface area (Å²) in [5.41, 5.74) is 5.31. The quantitative estimate of drug-likeness (QED) is 0.681. The predicted molar refractivity (Wildman–Crippen MR) is 75.3 cm³/mol. The van der Waals surface area contributed by atoms with Crippen molar-refractivity contribution in [1.82, 2.24) is 4.90 Å². The number of nitrogens with zero attached hydrogens (tertiary/aromatic N) is 2. The molecule has 2 N–H and O–H groups in total. The van der Waals surface area contributed by atoms with E-state index in [1.54, 1.807) is 0 Å². The van der Waals surface area contributed by atoms with Crippen LogP contribution in [0.3, 0.4) is 0 Å². The van der Waals surface area contributed by atoms with Crippen molar-refractivity contribution in [2.75, 3.05) is 13.1 Å². The normalized spacial score (nSPS) is 20.1. The van der Waals surface area contributed by atoms with Gasteiger partial charge >= 0.3 is 0 Å². The van der Waals surface area contributed by atoms with Crippen molar-refractivity contribution in [1.29, 1.82) is 0 Å². The number of piperidine rings is 1. The van der Waals surface area contributed by atoms with Gasteiger partial charge in [-0.3, -0.25) is 14.9 Å². The first-order valence-electron chi connectivity index (χ1n) is 6.89. The summed E-state index contributed by atoms with van der Waals surface area (Å²) in [5.74, 6) is -1.08. The molecule has 1 saturated heterocycles. The Hall–Kier alpha value is -2.02. The molecule has 1 amide bonds. The Morgan fingerprint density at radius 1 is 1.57 bits per heavy atom. The van der Waals surface area contributed by atoms with E-state index in [0.29, 0.717) is 13.1 Å². The molecule has 0 bridgehead atoms. The molecule has 1 heterocycles. The molecule has 7 heteroatoms. The van der Waals surface area contributed by atoms with E-state index >= 15 is 0 Å². The molecule has 1 aliphatic rings. The van der Waals surface area contributed by atoms with Crippen LogP contribution >= 0.6 is 0 Å². The predicted octanol–water partition coefficient (Wildman–Crippen LogP) is 1.93. The third kappa shape index (κ3) is 3.36. The highest BCUT2D eigenvalue weighted by Gasteiger charge is 2.28. The fourth-order valence-electron chi connectivity index (χ4n) is 2.58. The molecular formula is C14H18FN3O3. The highest BCUT2D eigenvalue weighted by Crippen LogP contribution is 2.23. The smallest absolute Gasteiger partial charge is 0.270 e. The first-order chi connectivity index (χ1) is 9.90. The lowest BCUT2D eigenvalue weighted by Crippen LogP contribution is -2.45. The van der Waals surface area contributed by atoms with Gasteiger partial charge < -0.3 is 10.6 Å². The largest absolute Gasteiger partial charge is 0.338 e. The molecule has 1 aromatic rings. The van der Waals surface area contributed by atoms with Crippen molar-refractivity contribution < 1.29 is 14.1 Å². The molecular weight excluding hydrogens is 277 g/mol. The van der Waals surface area contributed by atoms with Crippen LogP contribution in [0.15, 0.2) is 18.2 Å². The number of amides is 1. The minimum absolute atomic E-state index is 0.0458. The number of likely N-dealkylation sites (tertiary alicyclic amines) is 1. The second kappa shape index (κ2) is 6.17. The lowest BCUT2D eigenvalue weighted by atomic mass is 9.92. The zero-order chi connectivity index (χ0) is 15.6. The van der Waals surface area contributed by atoms with E-state index in [2.05, 4.69) is 0 Å². The molecule has 1 fully saturated rings. The molecule has 0 aliphatic carbocycles. The van der Waals surface area contributed by atoms with Gasteiger partial charge in [0.25, 0.3) is 11.6 Å². The molecule has 1 aromatic carbocycles. The topological polar surface area (TPSA) is 89.5 Å². The first-order valence-corrected chi connectivity index (χ1v) is 6.89. The fourth-order valence-corrected chi connectivity index (χ4v) is 2.58. The van der Waals surface area contributed by atoms with E-state index < -0.39 is 16.6 Å².